The Kier molecular flexibility index (Phi) is 8.58. The molecule has 0 saturated heterocycles. The molecule has 0 unspecified atom stereocenters. The molecule has 0 heterocycles. The van der Waals surface area contributed by atoms with Crippen molar-refractivity contribution in [2.24, 2.45) is 22.8 Å². The fourth-order valence-corrected chi connectivity index (χ4v) is 4.08. The van der Waals surface area contributed by atoms with Crippen molar-refractivity contribution < 1.29 is 36.0 Å². The highest BCUT2D eigenvalue weighted by atomic mass is 32.3. The van der Waals surface area contributed by atoms with Crippen molar-refractivity contribution in [1.29, 1.82) is 0 Å². The van der Waals surface area contributed by atoms with Crippen LogP contribution in [-0.4, -0.2) is 50.6 Å². The van der Waals surface area contributed by atoms with E-state index in [2.05, 4.69) is 0 Å². The molecule has 12 heteroatoms. The molecule has 1 saturated carbocycles. The number of carbonyl (C=O) groups excluding carboxylic acids is 3. The van der Waals surface area contributed by atoms with Crippen LogP contribution in [0, 0.1) is 11.3 Å². The molecule has 0 atom stereocenters. The standard InChI is InChI=1S/C20H29N3O8S/c1-20(2,12-29-18(25)15-6-4-3-5-7-15)13-30-32(27,28)31-23(19(22)26)16-10-8-14(9-11-16)17(21)24/h3-7,14,16H,8-13H2,1-2H3,(H2,21,24)(H2,22,26)/t14-,16-. The topological polar surface area (TPSA) is 168 Å². The first-order valence-electron chi connectivity index (χ1n) is 10.1. The van der Waals surface area contributed by atoms with Gasteiger partial charge in [-0.15, -0.1) is 4.28 Å². The van der Waals surface area contributed by atoms with Crippen LogP contribution in [0.15, 0.2) is 30.3 Å². The average molecular weight is 472 g/mol. The molecular weight excluding hydrogens is 442 g/mol. The second kappa shape index (κ2) is 10.7. The zero-order chi connectivity index (χ0) is 23.9. The van der Waals surface area contributed by atoms with Gasteiger partial charge in [-0.3, -0.25) is 4.79 Å². The SMILES string of the molecule is CC(C)(COC(=O)c1ccccc1)COS(=O)(=O)ON(C(N)=O)[C@H]1CC[C@H](C(N)=O)CC1. The number of hydrogen-bond acceptors (Lipinski definition) is 8. The fraction of sp³-hybridized carbons (Fsp3) is 0.550. The van der Waals surface area contributed by atoms with E-state index in [-0.39, 0.29) is 19.1 Å². The number of amides is 3. The highest BCUT2D eigenvalue weighted by Gasteiger charge is 2.35. The van der Waals surface area contributed by atoms with E-state index in [0.29, 0.717) is 36.3 Å². The van der Waals surface area contributed by atoms with Gasteiger partial charge in [-0.2, -0.15) is 13.5 Å². The summed E-state index contributed by atoms with van der Waals surface area (Å²) in [7, 11) is -4.64. The number of ether oxygens (including phenoxy) is 1. The number of urea groups is 1. The van der Waals surface area contributed by atoms with Crippen molar-refractivity contribution in [1.82, 2.24) is 5.06 Å². The predicted molar refractivity (Wildman–Crippen MR) is 113 cm³/mol. The number of nitrogens with zero attached hydrogens (tertiary/aromatic N) is 1. The van der Waals surface area contributed by atoms with E-state index in [4.69, 9.17) is 24.7 Å². The van der Waals surface area contributed by atoms with E-state index >= 15 is 0 Å². The average Bonchev–Trinajstić information content (AvgIpc) is 2.75. The lowest BCUT2D eigenvalue weighted by molar-refractivity contribution is -0.124. The molecule has 32 heavy (non-hydrogen) atoms. The zero-order valence-electron chi connectivity index (χ0n) is 18.1. The van der Waals surface area contributed by atoms with E-state index < -0.39 is 39.8 Å². The van der Waals surface area contributed by atoms with Gasteiger partial charge >= 0.3 is 22.4 Å². The lowest BCUT2D eigenvalue weighted by Gasteiger charge is -2.33. The van der Waals surface area contributed by atoms with Gasteiger partial charge in [-0.1, -0.05) is 32.0 Å². The van der Waals surface area contributed by atoms with Gasteiger partial charge in [0.05, 0.1) is 24.8 Å². The van der Waals surface area contributed by atoms with E-state index in [0.717, 1.165) is 0 Å². The summed E-state index contributed by atoms with van der Waals surface area (Å²) in [6.45, 7) is 2.78. The van der Waals surface area contributed by atoms with Gasteiger partial charge in [-0.25, -0.2) is 13.8 Å². The van der Waals surface area contributed by atoms with E-state index in [1.54, 1.807) is 44.2 Å². The minimum atomic E-state index is -4.64. The largest absolute Gasteiger partial charge is 0.461 e. The van der Waals surface area contributed by atoms with Crippen LogP contribution < -0.4 is 11.5 Å². The lowest BCUT2D eigenvalue weighted by Crippen LogP contribution is -2.47. The first-order valence-corrected chi connectivity index (χ1v) is 11.4. The molecule has 1 aromatic carbocycles. The van der Waals surface area contributed by atoms with Crippen LogP contribution in [0.5, 0.6) is 0 Å². The Labute approximate surface area is 187 Å². The van der Waals surface area contributed by atoms with Crippen LogP contribution >= 0.6 is 0 Å². The summed E-state index contributed by atoms with van der Waals surface area (Å²) in [6.07, 6.45) is 1.36. The summed E-state index contributed by atoms with van der Waals surface area (Å²) < 4.78 is 39.5. The monoisotopic (exact) mass is 471 g/mol. The number of nitrogens with two attached hydrogens (primary N) is 2. The minimum Gasteiger partial charge on any atom is -0.461 e. The summed E-state index contributed by atoms with van der Waals surface area (Å²) >= 11 is 0. The maximum absolute atomic E-state index is 12.3. The molecule has 0 radical (unpaired) electrons. The van der Waals surface area contributed by atoms with Gasteiger partial charge in [-0.05, 0) is 37.8 Å². The van der Waals surface area contributed by atoms with Crippen molar-refractivity contribution in [2.75, 3.05) is 13.2 Å². The van der Waals surface area contributed by atoms with Gasteiger partial charge in [0.25, 0.3) is 0 Å². The van der Waals surface area contributed by atoms with Gasteiger partial charge in [0.15, 0.2) is 0 Å². The van der Waals surface area contributed by atoms with Crippen LogP contribution in [0.3, 0.4) is 0 Å². The molecule has 1 aliphatic rings. The van der Waals surface area contributed by atoms with Gasteiger partial charge in [0.2, 0.25) is 5.91 Å². The van der Waals surface area contributed by atoms with Crippen molar-refractivity contribution >= 4 is 28.3 Å². The Bertz CT molecular complexity index is 912. The molecule has 1 fully saturated rings. The third-order valence-corrected chi connectivity index (χ3v) is 5.77. The molecule has 1 aromatic rings. The predicted octanol–water partition coefficient (Wildman–Crippen LogP) is 1.49. The van der Waals surface area contributed by atoms with Gasteiger partial charge in [0, 0.05) is 11.3 Å². The third-order valence-electron chi connectivity index (χ3n) is 5.02. The van der Waals surface area contributed by atoms with Crippen LogP contribution in [-0.2, 0) is 28.4 Å². The molecule has 0 aromatic heterocycles. The summed E-state index contributed by atoms with van der Waals surface area (Å²) in [6, 6.07) is 6.60. The first kappa shape index (κ1) is 25.6. The van der Waals surface area contributed by atoms with E-state index in [9.17, 15) is 22.8 Å². The van der Waals surface area contributed by atoms with Crippen LogP contribution in [0.2, 0.25) is 0 Å². The van der Waals surface area contributed by atoms with Gasteiger partial charge in [0.1, 0.15) is 0 Å². The Morgan fingerprint density at radius 3 is 2.16 bits per heavy atom. The van der Waals surface area contributed by atoms with Crippen molar-refractivity contribution in [3.63, 3.8) is 0 Å². The molecule has 11 nitrogen and oxygen atoms in total. The number of hydrogen-bond donors (Lipinski definition) is 2. The highest BCUT2D eigenvalue weighted by molar-refractivity contribution is 7.81. The number of hydroxylamine groups is 2. The van der Waals surface area contributed by atoms with Crippen LogP contribution in [0.4, 0.5) is 4.79 Å². The molecule has 3 amide bonds. The van der Waals surface area contributed by atoms with Crippen molar-refractivity contribution in [2.45, 2.75) is 45.6 Å². The minimum absolute atomic E-state index is 0.118. The zero-order valence-corrected chi connectivity index (χ0v) is 18.9. The molecule has 4 N–H and O–H groups in total. The number of primary amides is 2. The number of esters is 1. The van der Waals surface area contributed by atoms with E-state index in [1.807, 2.05) is 0 Å². The van der Waals surface area contributed by atoms with E-state index in [1.165, 1.54) is 0 Å². The maximum atomic E-state index is 12.3. The molecule has 0 aliphatic heterocycles. The quantitative estimate of drug-likeness (QED) is 0.382. The molecule has 178 valence electrons. The molecule has 1 aliphatic carbocycles. The third kappa shape index (κ3) is 7.77. The van der Waals surface area contributed by atoms with Crippen molar-refractivity contribution in [3.05, 3.63) is 35.9 Å². The summed E-state index contributed by atoms with van der Waals surface area (Å²) in [5.74, 6) is -1.33. The van der Waals surface area contributed by atoms with Crippen LogP contribution in [0.1, 0.15) is 49.9 Å². The number of benzene rings is 1. The maximum Gasteiger partial charge on any atom is 0.421 e. The molecule has 2 rings (SSSR count). The lowest BCUT2D eigenvalue weighted by atomic mass is 9.85. The number of rotatable bonds is 10. The number of carbonyl (C=O) groups is 3. The highest BCUT2D eigenvalue weighted by Crippen LogP contribution is 2.28. The summed E-state index contributed by atoms with van der Waals surface area (Å²) in [5.41, 5.74) is 10.1. The first-order chi connectivity index (χ1) is 14.9. The van der Waals surface area contributed by atoms with Crippen molar-refractivity contribution in [3.8, 4) is 0 Å². The smallest absolute Gasteiger partial charge is 0.421 e. The Balaban J connectivity index is 1.89. The molecule has 0 spiro atoms. The fourth-order valence-electron chi connectivity index (χ4n) is 3.18. The Morgan fingerprint density at radius 2 is 1.62 bits per heavy atom. The summed E-state index contributed by atoms with van der Waals surface area (Å²) in [4.78, 5) is 35.1. The second-order valence-electron chi connectivity index (χ2n) is 8.42. The van der Waals surface area contributed by atoms with Gasteiger partial charge < -0.3 is 16.2 Å². The Morgan fingerprint density at radius 1 is 1.03 bits per heavy atom. The normalized spacial score (nSPS) is 19.2. The second-order valence-corrected chi connectivity index (χ2v) is 9.62. The molecular formula is C20H29N3O8S. The Hall–Kier alpha value is -2.70. The van der Waals surface area contributed by atoms with Crippen LogP contribution in [0.25, 0.3) is 0 Å². The molecule has 0 bridgehead atoms. The summed E-state index contributed by atoms with van der Waals surface area (Å²) in [5, 5.41) is 0.551.